The van der Waals surface area contributed by atoms with Crippen molar-refractivity contribution in [2.75, 3.05) is 32.7 Å². The summed E-state index contributed by atoms with van der Waals surface area (Å²) in [4.78, 5) is 11.6. The van der Waals surface area contributed by atoms with Gasteiger partial charge in [-0.2, -0.15) is 0 Å². The minimum Gasteiger partial charge on any atom is -0.314 e. The first-order valence-electron chi connectivity index (χ1n) is 6.40. The Morgan fingerprint density at radius 2 is 1.82 bits per heavy atom. The van der Waals surface area contributed by atoms with Gasteiger partial charge in [-0.15, -0.1) is 0 Å². The molecule has 0 spiro atoms. The van der Waals surface area contributed by atoms with Crippen LogP contribution in [-0.2, 0) is 0 Å². The van der Waals surface area contributed by atoms with Crippen molar-refractivity contribution < 1.29 is 0 Å². The summed E-state index contributed by atoms with van der Waals surface area (Å²) < 4.78 is 0. The van der Waals surface area contributed by atoms with Crippen molar-refractivity contribution in [3.63, 3.8) is 0 Å². The molecule has 17 heavy (non-hydrogen) atoms. The maximum absolute atomic E-state index is 4.55. The number of rotatable bonds is 3. The van der Waals surface area contributed by atoms with E-state index in [0.717, 1.165) is 49.9 Å². The smallest absolute Gasteiger partial charge is 0.132 e. The highest BCUT2D eigenvalue weighted by atomic mass is 15.2. The van der Waals surface area contributed by atoms with Gasteiger partial charge in [0.1, 0.15) is 5.82 Å². The summed E-state index contributed by atoms with van der Waals surface area (Å²) >= 11 is 0. The molecule has 1 aromatic heterocycles. The van der Waals surface area contributed by atoms with Crippen LogP contribution in [0, 0.1) is 13.8 Å². The number of hydrogen-bond acceptors (Lipinski definition) is 4. The zero-order chi connectivity index (χ0) is 12.3. The highest BCUT2D eigenvalue weighted by molar-refractivity contribution is 5.10. The van der Waals surface area contributed by atoms with Gasteiger partial charge in [0.2, 0.25) is 0 Å². The Bertz CT molecular complexity index is 351. The van der Waals surface area contributed by atoms with Crippen LogP contribution in [-0.4, -0.2) is 47.6 Å². The van der Waals surface area contributed by atoms with Gasteiger partial charge in [0.05, 0.1) is 0 Å². The average Bonchev–Trinajstić information content (AvgIpc) is 2.29. The van der Waals surface area contributed by atoms with Gasteiger partial charge in [-0.3, -0.25) is 0 Å². The molecular weight excluding hydrogens is 212 g/mol. The number of hydrogen-bond donors (Lipinski definition) is 1. The Morgan fingerprint density at radius 1 is 1.24 bits per heavy atom. The van der Waals surface area contributed by atoms with E-state index >= 15 is 0 Å². The fourth-order valence-corrected chi connectivity index (χ4v) is 2.34. The largest absolute Gasteiger partial charge is 0.314 e. The average molecular weight is 234 g/mol. The van der Waals surface area contributed by atoms with Crippen LogP contribution in [0.1, 0.15) is 30.1 Å². The van der Waals surface area contributed by atoms with E-state index in [4.69, 9.17) is 0 Å². The molecule has 0 bridgehead atoms. The van der Waals surface area contributed by atoms with Crippen LogP contribution in [0.25, 0.3) is 0 Å². The molecule has 0 saturated carbocycles. The summed E-state index contributed by atoms with van der Waals surface area (Å²) in [6.45, 7) is 11.8. The maximum atomic E-state index is 4.55. The summed E-state index contributed by atoms with van der Waals surface area (Å²) in [5.41, 5.74) is 2.14. The Kier molecular flexibility index (Phi) is 4.07. The highest BCUT2D eigenvalue weighted by Gasteiger charge is 2.16. The van der Waals surface area contributed by atoms with Gasteiger partial charge >= 0.3 is 0 Å². The predicted molar refractivity (Wildman–Crippen MR) is 69.2 cm³/mol. The minimum absolute atomic E-state index is 0.409. The van der Waals surface area contributed by atoms with Crippen LogP contribution in [0.15, 0.2) is 6.07 Å². The van der Waals surface area contributed by atoms with Crippen LogP contribution in [0.4, 0.5) is 0 Å². The molecule has 2 rings (SSSR count). The summed E-state index contributed by atoms with van der Waals surface area (Å²) in [6, 6.07) is 2.03. The minimum atomic E-state index is 0.409. The van der Waals surface area contributed by atoms with E-state index in [1.807, 2.05) is 19.9 Å². The fraction of sp³-hybridized carbons (Fsp3) is 0.692. The predicted octanol–water partition coefficient (Wildman–Crippen LogP) is 1.10. The van der Waals surface area contributed by atoms with Gasteiger partial charge in [-0.05, 0) is 19.9 Å². The van der Waals surface area contributed by atoms with Crippen LogP contribution in [0.5, 0.6) is 0 Å². The molecule has 4 nitrogen and oxygen atoms in total. The van der Waals surface area contributed by atoms with E-state index in [1.165, 1.54) is 0 Å². The van der Waals surface area contributed by atoms with Crippen molar-refractivity contribution in [1.29, 1.82) is 0 Å². The molecule has 1 aliphatic heterocycles. The number of nitrogens with zero attached hydrogens (tertiary/aromatic N) is 3. The Labute approximate surface area is 103 Å². The summed E-state index contributed by atoms with van der Waals surface area (Å²) in [6.07, 6.45) is 0. The molecule has 0 aliphatic carbocycles. The molecule has 1 fully saturated rings. The monoisotopic (exact) mass is 234 g/mol. The van der Waals surface area contributed by atoms with Gasteiger partial charge in [0, 0.05) is 50.0 Å². The van der Waals surface area contributed by atoms with Crippen LogP contribution < -0.4 is 5.32 Å². The van der Waals surface area contributed by atoms with Gasteiger partial charge in [-0.25, -0.2) is 9.97 Å². The summed E-state index contributed by atoms with van der Waals surface area (Å²) in [5.74, 6) is 1.40. The molecule has 0 radical (unpaired) electrons. The molecule has 1 aliphatic rings. The third-order valence-electron chi connectivity index (χ3n) is 3.18. The van der Waals surface area contributed by atoms with Crippen molar-refractivity contribution >= 4 is 0 Å². The van der Waals surface area contributed by atoms with E-state index in [9.17, 15) is 0 Å². The SMILES string of the molecule is Cc1cc(C)nc(C(C)CN2CCNCC2)n1. The normalized spacial score (nSPS) is 19.2. The molecule has 0 amide bonds. The number of aryl methyl sites for hydroxylation is 2. The van der Waals surface area contributed by atoms with Crippen LogP contribution >= 0.6 is 0 Å². The number of piperazine rings is 1. The van der Waals surface area contributed by atoms with Gasteiger partial charge in [-0.1, -0.05) is 6.92 Å². The fourth-order valence-electron chi connectivity index (χ4n) is 2.34. The third-order valence-corrected chi connectivity index (χ3v) is 3.18. The molecule has 1 saturated heterocycles. The highest BCUT2D eigenvalue weighted by Crippen LogP contribution is 2.13. The van der Waals surface area contributed by atoms with E-state index in [0.29, 0.717) is 5.92 Å². The van der Waals surface area contributed by atoms with Crippen molar-refractivity contribution in [1.82, 2.24) is 20.2 Å². The van der Waals surface area contributed by atoms with Gasteiger partial charge in [0.15, 0.2) is 0 Å². The lowest BCUT2D eigenvalue weighted by molar-refractivity contribution is 0.228. The second-order valence-electron chi connectivity index (χ2n) is 4.96. The maximum Gasteiger partial charge on any atom is 0.132 e. The molecule has 4 heteroatoms. The van der Waals surface area contributed by atoms with Gasteiger partial charge in [0.25, 0.3) is 0 Å². The van der Waals surface area contributed by atoms with E-state index < -0.39 is 0 Å². The molecule has 1 atom stereocenters. The first kappa shape index (κ1) is 12.5. The zero-order valence-corrected chi connectivity index (χ0v) is 11.0. The Morgan fingerprint density at radius 3 is 2.41 bits per heavy atom. The lowest BCUT2D eigenvalue weighted by Crippen LogP contribution is -2.44. The second-order valence-corrected chi connectivity index (χ2v) is 4.96. The zero-order valence-electron chi connectivity index (χ0n) is 11.0. The van der Waals surface area contributed by atoms with Crippen LogP contribution in [0.3, 0.4) is 0 Å². The molecule has 1 unspecified atom stereocenters. The molecule has 1 aromatic rings. The Balaban J connectivity index is 2.00. The molecular formula is C13H22N4. The van der Waals surface area contributed by atoms with Crippen molar-refractivity contribution in [2.24, 2.45) is 0 Å². The number of aromatic nitrogens is 2. The quantitative estimate of drug-likeness (QED) is 0.850. The van der Waals surface area contributed by atoms with E-state index in [-0.39, 0.29) is 0 Å². The second kappa shape index (κ2) is 5.56. The van der Waals surface area contributed by atoms with Gasteiger partial charge < -0.3 is 10.2 Å². The molecule has 0 aromatic carbocycles. The Hall–Kier alpha value is -1.00. The molecule has 1 N–H and O–H groups in total. The first-order chi connectivity index (χ1) is 8.15. The van der Waals surface area contributed by atoms with E-state index in [1.54, 1.807) is 0 Å². The summed E-state index contributed by atoms with van der Waals surface area (Å²) in [7, 11) is 0. The molecule has 2 heterocycles. The number of nitrogens with one attached hydrogen (secondary N) is 1. The lowest BCUT2D eigenvalue weighted by atomic mass is 10.1. The van der Waals surface area contributed by atoms with Crippen molar-refractivity contribution in [3.05, 3.63) is 23.3 Å². The van der Waals surface area contributed by atoms with Crippen molar-refractivity contribution in [3.8, 4) is 0 Å². The standard InChI is InChI=1S/C13H22N4/c1-10(9-17-6-4-14-5-7-17)13-15-11(2)8-12(3)16-13/h8,10,14H,4-7,9H2,1-3H3. The van der Waals surface area contributed by atoms with E-state index in [2.05, 4.69) is 27.1 Å². The molecule has 94 valence electrons. The lowest BCUT2D eigenvalue weighted by Gasteiger charge is -2.29. The third kappa shape index (κ3) is 3.48. The summed E-state index contributed by atoms with van der Waals surface area (Å²) in [5, 5.41) is 3.37. The van der Waals surface area contributed by atoms with Crippen LogP contribution in [0.2, 0.25) is 0 Å². The van der Waals surface area contributed by atoms with Crippen molar-refractivity contribution in [2.45, 2.75) is 26.7 Å². The first-order valence-corrected chi connectivity index (χ1v) is 6.40. The topological polar surface area (TPSA) is 41.1 Å².